The van der Waals surface area contributed by atoms with Gasteiger partial charge >= 0.3 is 0 Å². The Morgan fingerprint density at radius 3 is 2.88 bits per heavy atom. The molecule has 2 heteroatoms. The third-order valence-electron chi connectivity index (χ3n) is 2.57. The smallest absolute Gasteiger partial charge is 0.163 e. The SMILES string of the molecule is C=CCOCc1ccccc1C(=O)CCCC. The van der Waals surface area contributed by atoms with Gasteiger partial charge in [-0.05, 0) is 12.0 Å². The van der Waals surface area contributed by atoms with Crippen molar-refractivity contribution < 1.29 is 9.53 Å². The zero-order valence-corrected chi connectivity index (χ0v) is 10.4. The van der Waals surface area contributed by atoms with Crippen LogP contribution in [-0.4, -0.2) is 12.4 Å². The first-order valence-corrected chi connectivity index (χ1v) is 6.09. The molecule has 2 nitrogen and oxygen atoms in total. The average Bonchev–Trinajstić information content (AvgIpc) is 2.37. The van der Waals surface area contributed by atoms with Crippen LogP contribution in [-0.2, 0) is 11.3 Å². The molecular weight excluding hydrogens is 212 g/mol. The van der Waals surface area contributed by atoms with E-state index in [0.29, 0.717) is 19.6 Å². The highest BCUT2D eigenvalue weighted by molar-refractivity contribution is 5.97. The third-order valence-corrected chi connectivity index (χ3v) is 2.57. The van der Waals surface area contributed by atoms with Crippen LogP contribution in [0.1, 0.15) is 42.1 Å². The third kappa shape index (κ3) is 4.53. The van der Waals surface area contributed by atoms with E-state index in [4.69, 9.17) is 4.74 Å². The second-order valence-electron chi connectivity index (χ2n) is 3.99. The largest absolute Gasteiger partial charge is 0.373 e. The van der Waals surface area contributed by atoms with Crippen LogP contribution < -0.4 is 0 Å². The number of carbonyl (C=O) groups excluding carboxylic acids is 1. The maximum atomic E-state index is 12.0. The molecule has 0 N–H and O–H groups in total. The van der Waals surface area contributed by atoms with Crippen molar-refractivity contribution in [1.29, 1.82) is 0 Å². The summed E-state index contributed by atoms with van der Waals surface area (Å²) in [5.74, 6) is 0.213. The van der Waals surface area contributed by atoms with E-state index in [9.17, 15) is 4.79 Å². The van der Waals surface area contributed by atoms with E-state index in [2.05, 4.69) is 13.5 Å². The lowest BCUT2D eigenvalue weighted by molar-refractivity contribution is 0.0972. The van der Waals surface area contributed by atoms with Crippen molar-refractivity contribution in [3.63, 3.8) is 0 Å². The molecule has 0 saturated heterocycles. The molecule has 0 unspecified atom stereocenters. The Labute approximate surface area is 103 Å². The van der Waals surface area contributed by atoms with Gasteiger partial charge in [0.25, 0.3) is 0 Å². The zero-order valence-electron chi connectivity index (χ0n) is 10.4. The second kappa shape index (κ2) is 7.80. The molecular formula is C15H20O2. The average molecular weight is 232 g/mol. The van der Waals surface area contributed by atoms with Crippen molar-refractivity contribution in [2.75, 3.05) is 6.61 Å². The maximum absolute atomic E-state index is 12.0. The van der Waals surface area contributed by atoms with Crippen molar-refractivity contribution in [2.24, 2.45) is 0 Å². The fourth-order valence-electron chi connectivity index (χ4n) is 1.64. The standard InChI is InChI=1S/C15H20O2/c1-3-5-10-15(16)14-9-7-6-8-13(14)12-17-11-4-2/h4,6-9H,2-3,5,10-12H2,1H3. The number of hydrogen-bond donors (Lipinski definition) is 0. The molecule has 0 heterocycles. The molecule has 17 heavy (non-hydrogen) atoms. The van der Waals surface area contributed by atoms with Crippen molar-refractivity contribution in [3.05, 3.63) is 48.0 Å². The Morgan fingerprint density at radius 1 is 1.41 bits per heavy atom. The number of rotatable bonds is 8. The van der Waals surface area contributed by atoms with E-state index in [1.54, 1.807) is 6.08 Å². The van der Waals surface area contributed by atoms with Gasteiger partial charge in [0.1, 0.15) is 0 Å². The van der Waals surface area contributed by atoms with Crippen LogP contribution in [0.4, 0.5) is 0 Å². The summed E-state index contributed by atoms with van der Waals surface area (Å²) in [6.07, 6.45) is 4.32. The summed E-state index contributed by atoms with van der Waals surface area (Å²) >= 11 is 0. The molecule has 0 bridgehead atoms. The molecule has 1 aromatic carbocycles. The van der Waals surface area contributed by atoms with Crippen molar-refractivity contribution >= 4 is 5.78 Å². The number of ketones is 1. The Morgan fingerprint density at radius 2 is 2.18 bits per heavy atom. The molecule has 1 rings (SSSR count). The number of carbonyl (C=O) groups is 1. The highest BCUT2D eigenvalue weighted by Gasteiger charge is 2.09. The predicted octanol–water partition coefficient (Wildman–Crippen LogP) is 3.76. The van der Waals surface area contributed by atoms with Crippen LogP contribution in [0, 0.1) is 0 Å². The molecule has 0 aromatic heterocycles. The lowest BCUT2D eigenvalue weighted by atomic mass is 10.0. The molecule has 0 fully saturated rings. The topological polar surface area (TPSA) is 26.3 Å². The van der Waals surface area contributed by atoms with E-state index in [1.165, 1.54) is 0 Å². The summed E-state index contributed by atoms with van der Waals surface area (Å²) in [6.45, 7) is 6.67. The first kappa shape index (κ1) is 13.7. The van der Waals surface area contributed by atoms with Gasteiger partial charge in [0.15, 0.2) is 5.78 Å². The van der Waals surface area contributed by atoms with Gasteiger partial charge in [0.05, 0.1) is 13.2 Å². The highest BCUT2D eigenvalue weighted by Crippen LogP contribution is 2.14. The number of hydrogen-bond acceptors (Lipinski definition) is 2. The van der Waals surface area contributed by atoms with E-state index >= 15 is 0 Å². The summed E-state index contributed by atoms with van der Waals surface area (Å²) in [7, 11) is 0. The van der Waals surface area contributed by atoms with E-state index in [0.717, 1.165) is 24.0 Å². The van der Waals surface area contributed by atoms with Gasteiger partial charge in [-0.25, -0.2) is 0 Å². The molecule has 0 amide bonds. The molecule has 92 valence electrons. The molecule has 1 aromatic rings. The summed E-state index contributed by atoms with van der Waals surface area (Å²) in [5.41, 5.74) is 1.76. The minimum absolute atomic E-state index is 0.213. The summed E-state index contributed by atoms with van der Waals surface area (Å²) in [4.78, 5) is 12.0. The van der Waals surface area contributed by atoms with Gasteiger partial charge in [0, 0.05) is 12.0 Å². The number of ether oxygens (including phenoxy) is 1. The van der Waals surface area contributed by atoms with Gasteiger partial charge < -0.3 is 4.74 Å². The van der Waals surface area contributed by atoms with E-state index in [-0.39, 0.29) is 5.78 Å². The normalized spacial score (nSPS) is 10.2. The Bertz CT molecular complexity index is 369. The number of benzene rings is 1. The van der Waals surface area contributed by atoms with Gasteiger partial charge in [0.2, 0.25) is 0 Å². The number of Topliss-reactive ketones (excluding diaryl/α,β-unsaturated/α-hetero) is 1. The fourth-order valence-corrected chi connectivity index (χ4v) is 1.64. The van der Waals surface area contributed by atoms with Gasteiger partial charge in [-0.15, -0.1) is 6.58 Å². The van der Waals surface area contributed by atoms with Gasteiger partial charge in [-0.2, -0.15) is 0 Å². The predicted molar refractivity (Wildman–Crippen MR) is 70.2 cm³/mol. The van der Waals surface area contributed by atoms with Crippen LogP contribution >= 0.6 is 0 Å². The highest BCUT2D eigenvalue weighted by atomic mass is 16.5. The Hall–Kier alpha value is -1.41. The lowest BCUT2D eigenvalue weighted by Gasteiger charge is -2.08. The molecule has 0 aliphatic heterocycles. The summed E-state index contributed by atoms with van der Waals surface area (Å²) < 4.78 is 5.39. The molecule has 0 spiro atoms. The van der Waals surface area contributed by atoms with Gasteiger partial charge in [-0.1, -0.05) is 43.7 Å². The van der Waals surface area contributed by atoms with Crippen LogP contribution in [0.5, 0.6) is 0 Å². The lowest BCUT2D eigenvalue weighted by Crippen LogP contribution is -2.05. The summed E-state index contributed by atoms with van der Waals surface area (Å²) in [5, 5.41) is 0. The molecule has 0 atom stereocenters. The first-order valence-electron chi connectivity index (χ1n) is 6.09. The first-order chi connectivity index (χ1) is 8.29. The Kier molecular flexibility index (Phi) is 6.26. The second-order valence-corrected chi connectivity index (χ2v) is 3.99. The molecule has 0 aliphatic rings. The zero-order chi connectivity index (χ0) is 12.5. The molecule has 0 saturated carbocycles. The van der Waals surface area contributed by atoms with Crippen LogP contribution in [0.3, 0.4) is 0 Å². The van der Waals surface area contributed by atoms with Crippen LogP contribution in [0.25, 0.3) is 0 Å². The van der Waals surface area contributed by atoms with Crippen molar-refractivity contribution in [2.45, 2.75) is 32.8 Å². The van der Waals surface area contributed by atoms with Crippen LogP contribution in [0.15, 0.2) is 36.9 Å². The van der Waals surface area contributed by atoms with Gasteiger partial charge in [-0.3, -0.25) is 4.79 Å². The monoisotopic (exact) mass is 232 g/mol. The van der Waals surface area contributed by atoms with Crippen molar-refractivity contribution in [1.82, 2.24) is 0 Å². The quantitative estimate of drug-likeness (QED) is 0.387. The maximum Gasteiger partial charge on any atom is 0.163 e. The fraction of sp³-hybridized carbons (Fsp3) is 0.400. The Balaban J connectivity index is 2.69. The molecule has 0 aliphatic carbocycles. The van der Waals surface area contributed by atoms with E-state index < -0.39 is 0 Å². The summed E-state index contributed by atoms with van der Waals surface area (Å²) in [6, 6.07) is 7.66. The minimum atomic E-state index is 0.213. The molecule has 0 radical (unpaired) electrons. The van der Waals surface area contributed by atoms with Crippen LogP contribution in [0.2, 0.25) is 0 Å². The minimum Gasteiger partial charge on any atom is -0.373 e. The number of unbranched alkanes of at least 4 members (excludes halogenated alkanes) is 1. The van der Waals surface area contributed by atoms with Crippen molar-refractivity contribution in [3.8, 4) is 0 Å². The van der Waals surface area contributed by atoms with E-state index in [1.807, 2.05) is 24.3 Å².